The molecule has 100 valence electrons. The van der Waals surface area contributed by atoms with Crippen molar-refractivity contribution in [2.75, 3.05) is 0 Å². The average molecular weight is 286 g/mol. The lowest BCUT2D eigenvalue weighted by molar-refractivity contribution is 0.281. The summed E-state index contributed by atoms with van der Waals surface area (Å²) in [6.45, 7) is -0.0306. The molecule has 0 fully saturated rings. The number of fused-ring (bicyclic) bond motifs is 1. The third-order valence-corrected chi connectivity index (χ3v) is 3.36. The van der Waals surface area contributed by atoms with Gasteiger partial charge in [0.1, 0.15) is 5.75 Å². The molecule has 0 spiro atoms. The molecule has 0 saturated carbocycles. The van der Waals surface area contributed by atoms with Crippen molar-refractivity contribution in [2.24, 2.45) is 0 Å². The summed E-state index contributed by atoms with van der Waals surface area (Å²) in [6.07, 6.45) is 1.59. The number of hydrogen-bond acceptors (Lipinski definition) is 3. The van der Waals surface area contributed by atoms with E-state index in [9.17, 15) is 0 Å². The molecule has 3 aromatic rings. The summed E-state index contributed by atoms with van der Waals surface area (Å²) in [5, 5.41) is 11.6. The molecule has 0 bridgehead atoms. The van der Waals surface area contributed by atoms with Gasteiger partial charge in [0.25, 0.3) is 0 Å². The fourth-order valence-electron chi connectivity index (χ4n) is 2.00. The molecule has 1 heterocycles. The molecule has 2 aromatic carbocycles. The van der Waals surface area contributed by atoms with E-state index >= 15 is 0 Å². The third kappa shape index (κ3) is 2.46. The molecule has 1 aromatic heterocycles. The Labute approximate surface area is 121 Å². The number of rotatable bonds is 3. The van der Waals surface area contributed by atoms with Gasteiger partial charge in [-0.3, -0.25) is 0 Å². The second-order valence-corrected chi connectivity index (χ2v) is 4.76. The summed E-state index contributed by atoms with van der Waals surface area (Å²) in [4.78, 5) is 4.16. The summed E-state index contributed by atoms with van der Waals surface area (Å²) in [5.74, 6) is 1.18. The molecule has 0 amide bonds. The van der Waals surface area contributed by atoms with Crippen LogP contribution in [-0.4, -0.2) is 10.1 Å². The Balaban J connectivity index is 2.00. The molecular weight excluding hydrogens is 274 g/mol. The Hall–Kier alpha value is -2.10. The van der Waals surface area contributed by atoms with Gasteiger partial charge in [-0.05, 0) is 23.8 Å². The highest BCUT2D eigenvalue weighted by molar-refractivity contribution is 6.35. The molecule has 0 aliphatic carbocycles. The molecular formula is C16H12ClNO2. The molecule has 0 atom stereocenters. The maximum Gasteiger partial charge on any atom is 0.219 e. The number of pyridine rings is 1. The number of hydrogen-bond donors (Lipinski definition) is 1. The van der Waals surface area contributed by atoms with Crippen molar-refractivity contribution in [3.05, 3.63) is 65.3 Å². The van der Waals surface area contributed by atoms with Crippen molar-refractivity contribution in [1.29, 1.82) is 0 Å². The second kappa shape index (κ2) is 5.49. The number of aliphatic hydroxyl groups is 1. The van der Waals surface area contributed by atoms with Crippen LogP contribution in [0.5, 0.6) is 11.6 Å². The molecule has 3 rings (SSSR count). The normalized spacial score (nSPS) is 10.7. The number of halogens is 1. The van der Waals surface area contributed by atoms with Gasteiger partial charge in [0.05, 0.1) is 6.61 Å². The first-order chi connectivity index (χ1) is 9.78. The third-order valence-electron chi connectivity index (χ3n) is 3.03. The van der Waals surface area contributed by atoms with Crippen LogP contribution in [0, 0.1) is 0 Å². The van der Waals surface area contributed by atoms with E-state index in [4.69, 9.17) is 21.4 Å². The van der Waals surface area contributed by atoms with Gasteiger partial charge in [0, 0.05) is 28.1 Å². The van der Waals surface area contributed by atoms with Crippen molar-refractivity contribution < 1.29 is 9.84 Å². The van der Waals surface area contributed by atoms with Gasteiger partial charge >= 0.3 is 0 Å². The zero-order valence-electron chi connectivity index (χ0n) is 10.6. The highest BCUT2D eigenvalue weighted by Crippen LogP contribution is 2.33. The highest BCUT2D eigenvalue weighted by Gasteiger charge is 2.07. The predicted molar refractivity (Wildman–Crippen MR) is 79.2 cm³/mol. The van der Waals surface area contributed by atoms with Crippen molar-refractivity contribution in [1.82, 2.24) is 4.98 Å². The molecule has 0 aliphatic heterocycles. The van der Waals surface area contributed by atoms with Crippen LogP contribution in [0.3, 0.4) is 0 Å². The molecule has 0 aliphatic rings. The number of nitrogens with zero attached hydrogens (tertiary/aromatic N) is 1. The lowest BCUT2D eigenvalue weighted by atomic mass is 10.1. The van der Waals surface area contributed by atoms with E-state index in [2.05, 4.69) is 4.98 Å². The fraction of sp³-hybridized carbons (Fsp3) is 0.0625. The van der Waals surface area contributed by atoms with E-state index < -0.39 is 0 Å². The zero-order valence-corrected chi connectivity index (χ0v) is 11.3. The number of aromatic nitrogens is 1. The molecule has 0 radical (unpaired) electrons. The Morgan fingerprint density at radius 2 is 1.80 bits per heavy atom. The van der Waals surface area contributed by atoms with Gasteiger partial charge in [0.15, 0.2) is 0 Å². The summed E-state index contributed by atoms with van der Waals surface area (Å²) in [6, 6.07) is 14.9. The summed E-state index contributed by atoms with van der Waals surface area (Å²) in [5.41, 5.74) is 0.748. The number of aliphatic hydroxyl groups excluding tert-OH is 1. The SMILES string of the molecule is OCc1ccc(Oc2ccc(Cl)c3ccccc23)nc1. The van der Waals surface area contributed by atoms with Crippen molar-refractivity contribution in [2.45, 2.75) is 6.61 Å². The minimum atomic E-state index is -0.0306. The van der Waals surface area contributed by atoms with Gasteiger partial charge in [0.2, 0.25) is 5.88 Å². The lowest BCUT2D eigenvalue weighted by Gasteiger charge is -2.09. The first-order valence-electron chi connectivity index (χ1n) is 6.19. The summed E-state index contributed by atoms with van der Waals surface area (Å²) in [7, 11) is 0. The van der Waals surface area contributed by atoms with Gasteiger partial charge in [-0.15, -0.1) is 0 Å². The van der Waals surface area contributed by atoms with Crippen LogP contribution in [0.1, 0.15) is 5.56 Å². The summed E-state index contributed by atoms with van der Waals surface area (Å²) >= 11 is 6.17. The molecule has 3 nitrogen and oxygen atoms in total. The van der Waals surface area contributed by atoms with E-state index in [-0.39, 0.29) is 6.61 Å². The van der Waals surface area contributed by atoms with Crippen LogP contribution in [0.2, 0.25) is 5.02 Å². The molecule has 1 N–H and O–H groups in total. The van der Waals surface area contributed by atoms with Gasteiger partial charge in [-0.1, -0.05) is 35.9 Å². The zero-order chi connectivity index (χ0) is 13.9. The van der Waals surface area contributed by atoms with Gasteiger partial charge in [-0.25, -0.2) is 4.98 Å². The standard InChI is InChI=1S/C16H12ClNO2/c17-14-6-7-15(13-4-2-1-3-12(13)14)20-16-8-5-11(10-19)9-18-16/h1-9,19H,10H2. The van der Waals surface area contributed by atoms with Crippen LogP contribution in [-0.2, 0) is 6.61 Å². The van der Waals surface area contributed by atoms with E-state index in [1.807, 2.05) is 30.3 Å². The quantitative estimate of drug-likeness (QED) is 0.785. The Kier molecular flexibility index (Phi) is 3.54. The predicted octanol–water partition coefficient (Wildman–Crippen LogP) is 4.17. The first-order valence-corrected chi connectivity index (χ1v) is 6.56. The van der Waals surface area contributed by atoms with E-state index in [0.29, 0.717) is 16.7 Å². The number of ether oxygens (including phenoxy) is 1. The smallest absolute Gasteiger partial charge is 0.219 e. The Bertz CT molecular complexity index is 741. The molecule has 20 heavy (non-hydrogen) atoms. The van der Waals surface area contributed by atoms with Crippen LogP contribution in [0.15, 0.2) is 54.7 Å². The number of benzene rings is 2. The van der Waals surface area contributed by atoms with E-state index in [0.717, 1.165) is 16.3 Å². The second-order valence-electron chi connectivity index (χ2n) is 4.36. The minimum Gasteiger partial charge on any atom is -0.438 e. The van der Waals surface area contributed by atoms with Crippen molar-refractivity contribution in [3.8, 4) is 11.6 Å². The van der Waals surface area contributed by atoms with Gasteiger partial charge < -0.3 is 9.84 Å². The lowest BCUT2D eigenvalue weighted by Crippen LogP contribution is -1.91. The molecule has 0 saturated heterocycles. The van der Waals surface area contributed by atoms with E-state index in [1.165, 1.54) is 0 Å². The Morgan fingerprint density at radius 1 is 1.00 bits per heavy atom. The highest BCUT2D eigenvalue weighted by atomic mass is 35.5. The Morgan fingerprint density at radius 3 is 2.50 bits per heavy atom. The molecule has 4 heteroatoms. The minimum absolute atomic E-state index is 0.0306. The van der Waals surface area contributed by atoms with E-state index in [1.54, 1.807) is 24.4 Å². The van der Waals surface area contributed by atoms with Crippen LogP contribution < -0.4 is 4.74 Å². The van der Waals surface area contributed by atoms with Gasteiger partial charge in [-0.2, -0.15) is 0 Å². The van der Waals surface area contributed by atoms with Crippen LogP contribution in [0.25, 0.3) is 10.8 Å². The first kappa shape index (κ1) is 12.9. The maximum absolute atomic E-state index is 8.99. The monoisotopic (exact) mass is 285 g/mol. The van der Waals surface area contributed by atoms with Crippen LogP contribution >= 0.6 is 11.6 Å². The average Bonchev–Trinajstić information content (AvgIpc) is 2.51. The maximum atomic E-state index is 8.99. The summed E-state index contributed by atoms with van der Waals surface area (Å²) < 4.78 is 5.79. The largest absolute Gasteiger partial charge is 0.438 e. The molecule has 0 unspecified atom stereocenters. The van der Waals surface area contributed by atoms with Crippen LogP contribution in [0.4, 0.5) is 0 Å². The van der Waals surface area contributed by atoms with Crippen molar-refractivity contribution in [3.63, 3.8) is 0 Å². The topological polar surface area (TPSA) is 42.4 Å². The fourth-order valence-corrected chi connectivity index (χ4v) is 2.23. The van der Waals surface area contributed by atoms with Crippen molar-refractivity contribution >= 4 is 22.4 Å².